The summed E-state index contributed by atoms with van der Waals surface area (Å²) in [7, 11) is 0. The zero-order valence-electron chi connectivity index (χ0n) is 9.94. The maximum Gasteiger partial charge on any atom is 0.120 e. The van der Waals surface area contributed by atoms with E-state index < -0.39 is 0 Å². The van der Waals surface area contributed by atoms with E-state index in [-0.39, 0.29) is 18.2 Å². The fraction of sp³-hybridized carbons (Fsp3) is 0.231. The number of halogens is 2. The number of phenols is 1. The normalized spacial score (nSPS) is 10.1. The quantitative estimate of drug-likeness (QED) is 0.890. The first kappa shape index (κ1) is 15.3. The van der Waals surface area contributed by atoms with Crippen LogP contribution in [0.2, 0.25) is 5.02 Å². The van der Waals surface area contributed by atoms with Gasteiger partial charge in [-0.15, -0.1) is 23.7 Å². The number of rotatable bonds is 4. The molecule has 0 spiro atoms. The van der Waals surface area contributed by atoms with Crippen LogP contribution >= 0.6 is 35.3 Å². The molecule has 1 aromatic carbocycles. The largest absolute Gasteiger partial charge is 0.508 e. The molecule has 98 valence electrons. The zero-order valence-corrected chi connectivity index (χ0v) is 12.3. The summed E-state index contributed by atoms with van der Waals surface area (Å²) in [5.74, 6) is 0.282. The monoisotopic (exact) mass is 303 g/mol. The third-order valence-corrected chi connectivity index (χ3v) is 3.87. The average Bonchev–Trinajstić information content (AvgIpc) is 2.70. The molecule has 2 nitrogen and oxygen atoms in total. The number of hydrogen-bond acceptors (Lipinski definition) is 3. The predicted molar refractivity (Wildman–Crippen MR) is 80.0 cm³/mol. The van der Waals surface area contributed by atoms with Crippen molar-refractivity contribution in [1.82, 2.24) is 5.32 Å². The van der Waals surface area contributed by atoms with Gasteiger partial charge in [-0.1, -0.05) is 11.6 Å². The summed E-state index contributed by atoms with van der Waals surface area (Å²) in [5, 5.41) is 15.7. The lowest BCUT2D eigenvalue weighted by Gasteiger charge is -2.07. The Morgan fingerprint density at radius 2 is 2.06 bits per heavy atom. The van der Waals surface area contributed by atoms with E-state index in [1.807, 2.05) is 0 Å². The van der Waals surface area contributed by atoms with Gasteiger partial charge in [-0.05, 0) is 42.1 Å². The van der Waals surface area contributed by atoms with Gasteiger partial charge in [-0.3, -0.25) is 0 Å². The highest BCUT2D eigenvalue weighted by molar-refractivity contribution is 7.10. The van der Waals surface area contributed by atoms with E-state index in [1.165, 1.54) is 10.4 Å². The Morgan fingerprint density at radius 1 is 1.28 bits per heavy atom. The molecule has 1 aromatic heterocycles. The molecule has 0 saturated heterocycles. The minimum atomic E-state index is 0. The molecule has 0 atom stereocenters. The summed E-state index contributed by atoms with van der Waals surface area (Å²) in [6.45, 7) is 3.53. The van der Waals surface area contributed by atoms with Crippen LogP contribution in [-0.2, 0) is 13.1 Å². The Hall–Kier alpha value is -0.740. The zero-order chi connectivity index (χ0) is 12.3. The maximum atomic E-state index is 9.65. The number of aryl methyl sites for hydroxylation is 1. The van der Waals surface area contributed by atoms with Gasteiger partial charge in [0.05, 0.1) is 0 Å². The second kappa shape index (κ2) is 7.00. The van der Waals surface area contributed by atoms with E-state index in [0.717, 1.165) is 12.1 Å². The topological polar surface area (TPSA) is 32.3 Å². The molecule has 0 aliphatic heterocycles. The molecular weight excluding hydrogens is 289 g/mol. The standard InChI is InChI=1S/C13H14ClNOS.ClH/c1-9-4-5-17-13(9)8-15-7-10-6-11(14)2-3-12(10)16;/h2-6,15-16H,7-8H2,1H3;1H. The van der Waals surface area contributed by atoms with Crippen LogP contribution < -0.4 is 5.32 Å². The summed E-state index contributed by atoms with van der Waals surface area (Å²) in [6, 6.07) is 7.20. The lowest BCUT2D eigenvalue weighted by molar-refractivity contribution is 0.464. The van der Waals surface area contributed by atoms with Crippen LogP contribution in [0.3, 0.4) is 0 Å². The van der Waals surface area contributed by atoms with Crippen molar-refractivity contribution in [1.29, 1.82) is 0 Å². The van der Waals surface area contributed by atoms with E-state index in [1.54, 1.807) is 29.5 Å². The molecule has 0 unspecified atom stereocenters. The average molecular weight is 304 g/mol. The third kappa shape index (κ3) is 3.89. The number of hydrogen-bond donors (Lipinski definition) is 2. The summed E-state index contributed by atoms with van der Waals surface area (Å²) < 4.78 is 0. The third-order valence-electron chi connectivity index (χ3n) is 2.61. The molecule has 2 aromatic rings. The highest BCUT2D eigenvalue weighted by atomic mass is 35.5. The van der Waals surface area contributed by atoms with Gasteiger partial charge in [0.1, 0.15) is 5.75 Å². The van der Waals surface area contributed by atoms with Gasteiger partial charge < -0.3 is 10.4 Å². The molecular formula is C13H15Cl2NOS. The van der Waals surface area contributed by atoms with Gasteiger partial charge in [0.25, 0.3) is 0 Å². The number of aromatic hydroxyl groups is 1. The van der Waals surface area contributed by atoms with Crippen LogP contribution in [0, 0.1) is 6.92 Å². The minimum Gasteiger partial charge on any atom is -0.508 e. The summed E-state index contributed by atoms with van der Waals surface area (Å²) in [4.78, 5) is 1.33. The number of benzene rings is 1. The molecule has 0 aliphatic rings. The Bertz CT molecular complexity index is 513. The van der Waals surface area contributed by atoms with Gasteiger partial charge >= 0.3 is 0 Å². The van der Waals surface area contributed by atoms with Crippen LogP contribution in [0.15, 0.2) is 29.6 Å². The van der Waals surface area contributed by atoms with Crippen molar-refractivity contribution in [3.63, 3.8) is 0 Å². The second-order valence-electron chi connectivity index (χ2n) is 3.90. The minimum absolute atomic E-state index is 0. The van der Waals surface area contributed by atoms with Crippen molar-refractivity contribution in [2.75, 3.05) is 0 Å². The molecule has 5 heteroatoms. The van der Waals surface area contributed by atoms with Crippen molar-refractivity contribution in [2.24, 2.45) is 0 Å². The van der Waals surface area contributed by atoms with E-state index in [0.29, 0.717) is 11.6 Å². The fourth-order valence-electron chi connectivity index (χ4n) is 1.59. The predicted octanol–water partition coefficient (Wildman–Crippen LogP) is 4.13. The maximum absolute atomic E-state index is 9.65. The van der Waals surface area contributed by atoms with E-state index in [4.69, 9.17) is 11.6 Å². The van der Waals surface area contributed by atoms with E-state index in [9.17, 15) is 5.11 Å². The first-order valence-corrected chi connectivity index (χ1v) is 6.63. The Labute approximate surface area is 122 Å². The first-order chi connectivity index (χ1) is 8.16. The molecule has 0 radical (unpaired) electrons. The highest BCUT2D eigenvalue weighted by Crippen LogP contribution is 2.21. The SMILES string of the molecule is Cc1ccsc1CNCc1cc(Cl)ccc1O.Cl. The second-order valence-corrected chi connectivity index (χ2v) is 5.34. The number of nitrogens with one attached hydrogen (secondary N) is 1. The van der Waals surface area contributed by atoms with Gasteiger partial charge in [0, 0.05) is 28.6 Å². The van der Waals surface area contributed by atoms with Crippen molar-refractivity contribution >= 4 is 35.3 Å². The molecule has 0 fully saturated rings. The van der Waals surface area contributed by atoms with Crippen LogP contribution in [-0.4, -0.2) is 5.11 Å². The van der Waals surface area contributed by atoms with E-state index >= 15 is 0 Å². The highest BCUT2D eigenvalue weighted by Gasteiger charge is 2.03. The Kier molecular flexibility index (Phi) is 5.96. The van der Waals surface area contributed by atoms with E-state index in [2.05, 4.69) is 23.7 Å². The van der Waals surface area contributed by atoms with Crippen LogP contribution in [0.1, 0.15) is 16.0 Å². The van der Waals surface area contributed by atoms with Gasteiger partial charge in [0.2, 0.25) is 0 Å². The van der Waals surface area contributed by atoms with Crippen molar-refractivity contribution in [3.05, 3.63) is 50.7 Å². The van der Waals surface area contributed by atoms with Crippen LogP contribution in [0.25, 0.3) is 0 Å². The van der Waals surface area contributed by atoms with Gasteiger partial charge in [-0.2, -0.15) is 0 Å². The van der Waals surface area contributed by atoms with Crippen LogP contribution in [0.5, 0.6) is 5.75 Å². The molecule has 2 rings (SSSR count). The van der Waals surface area contributed by atoms with Crippen LogP contribution in [0.4, 0.5) is 0 Å². The summed E-state index contributed by atoms with van der Waals surface area (Å²) in [5.41, 5.74) is 2.13. The first-order valence-electron chi connectivity index (χ1n) is 5.38. The number of thiophene rings is 1. The summed E-state index contributed by atoms with van der Waals surface area (Å²) >= 11 is 7.62. The molecule has 0 amide bonds. The lowest BCUT2D eigenvalue weighted by atomic mass is 10.2. The fourth-order valence-corrected chi connectivity index (χ4v) is 2.66. The number of phenolic OH excluding ortho intramolecular Hbond substituents is 1. The lowest BCUT2D eigenvalue weighted by Crippen LogP contribution is -2.12. The molecule has 1 heterocycles. The molecule has 18 heavy (non-hydrogen) atoms. The summed E-state index contributed by atoms with van der Waals surface area (Å²) in [6.07, 6.45) is 0. The Morgan fingerprint density at radius 3 is 2.72 bits per heavy atom. The molecule has 0 bridgehead atoms. The van der Waals surface area contributed by atoms with Crippen molar-refractivity contribution < 1.29 is 5.11 Å². The molecule has 0 saturated carbocycles. The molecule has 2 N–H and O–H groups in total. The van der Waals surface area contributed by atoms with Crippen molar-refractivity contribution in [2.45, 2.75) is 20.0 Å². The van der Waals surface area contributed by atoms with Gasteiger partial charge in [0.15, 0.2) is 0 Å². The Balaban J connectivity index is 0.00000162. The smallest absolute Gasteiger partial charge is 0.120 e. The molecule has 0 aliphatic carbocycles. The van der Waals surface area contributed by atoms with Crippen molar-refractivity contribution in [3.8, 4) is 5.75 Å². The van der Waals surface area contributed by atoms with Gasteiger partial charge in [-0.25, -0.2) is 0 Å².